The number of anilines is 1. The summed E-state index contributed by atoms with van der Waals surface area (Å²) in [5, 5.41) is 23.3. The maximum atomic E-state index is 13.5. The molecule has 33 heavy (non-hydrogen) atoms. The van der Waals surface area contributed by atoms with Gasteiger partial charge in [-0.05, 0) is 41.5 Å². The first-order chi connectivity index (χ1) is 14.9. The third-order valence-electron chi connectivity index (χ3n) is 5.62. The number of ketones is 1. The van der Waals surface area contributed by atoms with Gasteiger partial charge >= 0.3 is 0 Å². The molecular weight excluding hydrogens is 482 g/mol. The molecule has 0 spiro atoms. The minimum absolute atomic E-state index is 0. The van der Waals surface area contributed by atoms with Gasteiger partial charge in [0.15, 0.2) is 5.78 Å². The van der Waals surface area contributed by atoms with Gasteiger partial charge in [-0.15, -0.1) is 17.0 Å². The maximum Gasteiger partial charge on any atom is 0.204 e. The van der Waals surface area contributed by atoms with Gasteiger partial charge in [0.05, 0.1) is 17.6 Å². The summed E-state index contributed by atoms with van der Waals surface area (Å²) in [6, 6.07) is 11.4. The Hall–Kier alpha value is -2.38. The molecule has 3 rings (SSSR count). The molecule has 3 aromatic rings. The SMILES string of the molecule is Br.CC(C)(C)c1cc(C(=O)Cn2c(NCCCO)nc3ccccc32)cc(C(C)(C)C)c1O. The van der Waals surface area contributed by atoms with Gasteiger partial charge in [-0.1, -0.05) is 53.7 Å². The molecule has 180 valence electrons. The zero-order valence-electron chi connectivity index (χ0n) is 20.4. The van der Waals surface area contributed by atoms with E-state index in [-0.39, 0.29) is 52.5 Å². The zero-order chi connectivity index (χ0) is 23.7. The number of para-hydroxylation sites is 2. The van der Waals surface area contributed by atoms with Gasteiger partial charge < -0.3 is 20.1 Å². The molecule has 0 saturated heterocycles. The molecule has 0 bridgehead atoms. The highest BCUT2D eigenvalue weighted by molar-refractivity contribution is 8.93. The number of phenols is 1. The number of halogens is 1. The van der Waals surface area contributed by atoms with Crippen LogP contribution in [0, 0.1) is 0 Å². The number of nitrogens with zero attached hydrogens (tertiary/aromatic N) is 2. The Kier molecular flexibility index (Phi) is 8.36. The molecule has 0 fully saturated rings. The van der Waals surface area contributed by atoms with E-state index in [0.29, 0.717) is 24.5 Å². The van der Waals surface area contributed by atoms with Crippen molar-refractivity contribution >= 4 is 39.7 Å². The van der Waals surface area contributed by atoms with Crippen molar-refractivity contribution in [3.63, 3.8) is 0 Å². The number of fused-ring (bicyclic) bond motifs is 1. The van der Waals surface area contributed by atoms with Crippen LogP contribution in [0.5, 0.6) is 5.75 Å². The molecule has 0 amide bonds. The monoisotopic (exact) mass is 517 g/mol. The Balaban J connectivity index is 0.00000385. The first-order valence-electron chi connectivity index (χ1n) is 11.1. The van der Waals surface area contributed by atoms with Gasteiger partial charge in [0.25, 0.3) is 0 Å². The maximum absolute atomic E-state index is 13.5. The van der Waals surface area contributed by atoms with Gasteiger partial charge in [0, 0.05) is 29.8 Å². The summed E-state index contributed by atoms with van der Waals surface area (Å²) in [5.74, 6) is 0.828. The summed E-state index contributed by atoms with van der Waals surface area (Å²) in [4.78, 5) is 18.1. The second-order valence-electron chi connectivity index (χ2n) is 10.4. The molecule has 3 N–H and O–H groups in total. The number of carbonyl (C=O) groups excluding carboxylic acids is 1. The zero-order valence-corrected chi connectivity index (χ0v) is 22.1. The standard InChI is InChI=1S/C26H35N3O3.BrH/c1-25(2,3)18-14-17(15-19(23(18)32)26(4,5)6)22(31)16-29-21-11-8-7-10-20(21)28-24(29)27-12-9-13-30;/h7-8,10-11,14-15,30,32H,9,12-13,16H2,1-6H3,(H,27,28);1H. The van der Waals surface area contributed by atoms with Crippen LogP contribution in [0.2, 0.25) is 0 Å². The van der Waals surface area contributed by atoms with E-state index in [0.717, 1.165) is 22.2 Å². The van der Waals surface area contributed by atoms with E-state index in [4.69, 9.17) is 5.11 Å². The Labute approximate surface area is 206 Å². The number of aromatic hydroxyl groups is 1. The van der Waals surface area contributed by atoms with Crippen molar-refractivity contribution < 1.29 is 15.0 Å². The van der Waals surface area contributed by atoms with Gasteiger partial charge in [-0.3, -0.25) is 4.79 Å². The second kappa shape index (κ2) is 10.3. The van der Waals surface area contributed by atoms with Crippen molar-refractivity contribution in [3.05, 3.63) is 53.1 Å². The Morgan fingerprint density at radius 1 is 1.03 bits per heavy atom. The summed E-state index contributed by atoms with van der Waals surface area (Å²) in [7, 11) is 0. The molecule has 0 unspecified atom stereocenters. The van der Waals surface area contributed by atoms with E-state index >= 15 is 0 Å². The molecule has 7 heteroatoms. The third-order valence-corrected chi connectivity index (χ3v) is 5.62. The van der Waals surface area contributed by atoms with Crippen LogP contribution in [0.3, 0.4) is 0 Å². The van der Waals surface area contributed by atoms with Crippen LogP contribution in [-0.2, 0) is 17.4 Å². The van der Waals surface area contributed by atoms with Crippen LogP contribution < -0.4 is 5.32 Å². The summed E-state index contributed by atoms with van der Waals surface area (Å²) < 4.78 is 1.88. The summed E-state index contributed by atoms with van der Waals surface area (Å²) in [6.07, 6.45) is 0.596. The highest BCUT2D eigenvalue weighted by Gasteiger charge is 2.28. The lowest BCUT2D eigenvalue weighted by atomic mass is 9.78. The van der Waals surface area contributed by atoms with E-state index in [9.17, 15) is 9.90 Å². The molecule has 0 atom stereocenters. The molecular formula is C26H36BrN3O3. The number of rotatable bonds is 7. The number of imidazole rings is 1. The van der Waals surface area contributed by atoms with Crippen LogP contribution in [0.1, 0.15) is 69.4 Å². The molecule has 0 saturated carbocycles. The van der Waals surface area contributed by atoms with Gasteiger partial charge in [0.1, 0.15) is 5.75 Å². The molecule has 2 aromatic carbocycles. The molecule has 1 aromatic heterocycles. The minimum Gasteiger partial charge on any atom is -0.507 e. The Morgan fingerprint density at radius 3 is 2.15 bits per heavy atom. The largest absolute Gasteiger partial charge is 0.507 e. The summed E-state index contributed by atoms with van der Waals surface area (Å²) in [6.45, 7) is 13.0. The van der Waals surface area contributed by atoms with Crippen LogP contribution >= 0.6 is 17.0 Å². The lowest BCUT2D eigenvalue weighted by Crippen LogP contribution is -2.20. The number of carbonyl (C=O) groups is 1. The van der Waals surface area contributed by atoms with Crippen LogP contribution in [0.4, 0.5) is 5.95 Å². The lowest BCUT2D eigenvalue weighted by Gasteiger charge is -2.28. The second-order valence-corrected chi connectivity index (χ2v) is 10.4. The van der Waals surface area contributed by atoms with E-state index in [1.807, 2.05) is 82.5 Å². The number of aliphatic hydroxyl groups excluding tert-OH is 1. The highest BCUT2D eigenvalue weighted by Crippen LogP contribution is 2.40. The van der Waals surface area contributed by atoms with Crippen molar-refractivity contribution in [3.8, 4) is 5.75 Å². The van der Waals surface area contributed by atoms with Crippen LogP contribution in [0.25, 0.3) is 11.0 Å². The summed E-state index contributed by atoms with van der Waals surface area (Å²) in [5.41, 5.74) is 3.19. The van der Waals surface area contributed by atoms with Crippen molar-refractivity contribution in [2.24, 2.45) is 0 Å². The van der Waals surface area contributed by atoms with Gasteiger partial charge in [0.2, 0.25) is 5.95 Å². The fourth-order valence-corrected chi connectivity index (χ4v) is 3.82. The Bertz CT molecular complexity index is 1090. The summed E-state index contributed by atoms with van der Waals surface area (Å²) >= 11 is 0. The smallest absolute Gasteiger partial charge is 0.204 e. The molecule has 0 radical (unpaired) electrons. The first-order valence-corrected chi connectivity index (χ1v) is 11.1. The van der Waals surface area contributed by atoms with E-state index < -0.39 is 0 Å². The predicted molar refractivity (Wildman–Crippen MR) is 140 cm³/mol. The van der Waals surface area contributed by atoms with Crippen LogP contribution in [0.15, 0.2) is 36.4 Å². The number of hydrogen-bond acceptors (Lipinski definition) is 5. The number of nitrogens with one attached hydrogen (secondary N) is 1. The minimum atomic E-state index is -0.306. The highest BCUT2D eigenvalue weighted by atomic mass is 79.9. The number of hydrogen-bond donors (Lipinski definition) is 3. The van der Waals surface area contributed by atoms with E-state index in [2.05, 4.69) is 10.3 Å². The molecule has 0 aliphatic heterocycles. The molecule has 6 nitrogen and oxygen atoms in total. The quantitative estimate of drug-likeness (QED) is 0.280. The average Bonchev–Trinajstić information content (AvgIpc) is 3.04. The number of phenolic OH excluding ortho intramolecular Hbond substituents is 1. The topological polar surface area (TPSA) is 87.4 Å². The lowest BCUT2D eigenvalue weighted by molar-refractivity contribution is 0.0973. The molecule has 0 aliphatic rings. The number of aromatic nitrogens is 2. The third kappa shape index (κ3) is 5.95. The fourth-order valence-electron chi connectivity index (χ4n) is 3.82. The predicted octanol–water partition coefficient (Wildman–Crippen LogP) is 5.59. The van der Waals surface area contributed by atoms with Crippen molar-refractivity contribution in [1.29, 1.82) is 0 Å². The van der Waals surface area contributed by atoms with Crippen molar-refractivity contribution in [2.75, 3.05) is 18.5 Å². The normalized spacial score (nSPS) is 12.0. The first kappa shape index (κ1) is 26.9. The van der Waals surface area contributed by atoms with Crippen molar-refractivity contribution in [2.45, 2.75) is 65.3 Å². The van der Waals surface area contributed by atoms with Gasteiger partial charge in [-0.2, -0.15) is 0 Å². The van der Waals surface area contributed by atoms with Crippen LogP contribution in [-0.4, -0.2) is 38.7 Å². The average molecular weight is 518 g/mol. The Morgan fingerprint density at radius 2 is 1.61 bits per heavy atom. The van der Waals surface area contributed by atoms with E-state index in [1.54, 1.807) is 0 Å². The fraction of sp³-hybridized carbons (Fsp3) is 0.462. The van der Waals surface area contributed by atoms with E-state index in [1.165, 1.54) is 0 Å². The van der Waals surface area contributed by atoms with Gasteiger partial charge in [-0.25, -0.2) is 4.98 Å². The number of aliphatic hydroxyl groups is 1. The molecule has 1 heterocycles. The number of benzene rings is 2. The van der Waals surface area contributed by atoms with Crippen molar-refractivity contribution in [1.82, 2.24) is 9.55 Å². The number of Topliss-reactive ketones (excluding diaryl/α,β-unsaturated/α-hetero) is 1. The molecule has 0 aliphatic carbocycles.